The number of carbonyl (C=O) groups excluding carboxylic acids is 1. The van der Waals surface area contributed by atoms with Crippen LogP contribution in [-0.4, -0.2) is 46.3 Å². The van der Waals surface area contributed by atoms with Crippen molar-refractivity contribution >= 4 is 18.3 Å². The summed E-state index contributed by atoms with van der Waals surface area (Å²) in [5, 5.41) is 7.83. The van der Waals surface area contributed by atoms with Gasteiger partial charge in [0.2, 0.25) is 0 Å². The predicted octanol–water partition coefficient (Wildman–Crippen LogP) is 2.79. The zero-order valence-electron chi connectivity index (χ0n) is 15.2. The van der Waals surface area contributed by atoms with E-state index in [9.17, 15) is 4.79 Å². The summed E-state index contributed by atoms with van der Waals surface area (Å²) in [7, 11) is 0. The molecule has 0 aliphatic carbocycles. The minimum Gasteiger partial charge on any atom is -0.337 e. The second kappa shape index (κ2) is 7.80. The van der Waals surface area contributed by atoms with Crippen LogP contribution < -0.4 is 5.32 Å². The zero-order chi connectivity index (χ0) is 17.3. The van der Waals surface area contributed by atoms with Crippen LogP contribution in [0.2, 0.25) is 0 Å². The fourth-order valence-electron chi connectivity index (χ4n) is 4.54. The van der Waals surface area contributed by atoms with E-state index in [1.54, 1.807) is 6.20 Å². The summed E-state index contributed by atoms with van der Waals surface area (Å²) < 4.78 is 1.90. The highest BCUT2D eigenvalue weighted by Crippen LogP contribution is 2.38. The highest BCUT2D eigenvalue weighted by Gasteiger charge is 2.48. The third kappa shape index (κ3) is 3.14. The van der Waals surface area contributed by atoms with Crippen molar-refractivity contribution in [2.75, 3.05) is 19.6 Å². The fraction of sp³-hybridized carbons (Fsp3) is 0.500. The molecule has 6 heteroatoms. The van der Waals surface area contributed by atoms with Crippen LogP contribution in [0.3, 0.4) is 0 Å². The molecule has 0 saturated carbocycles. The summed E-state index contributed by atoms with van der Waals surface area (Å²) in [4.78, 5) is 15.7. The van der Waals surface area contributed by atoms with Crippen LogP contribution in [-0.2, 0) is 10.3 Å². The Morgan fingerprint density at radius 1 is 1.19 bits per heavy atom. The number of rotatable bonds is 3. The van der Waals surface area contributed by atoms with Gasteiger partial charge in [0.25, 0.3) is 5.91 Å². The van der Waals surface area contributed by atoms with Gasteiger partial charge in [0, 0.05) is 30.9 Å². The highest BCUT2D eigenvalue weighted by molar-refractivity contribution is 5.85. The third-order valence-corrected chi connectivity index (χ3v) is 6.02. The highest BCUT2D eigenvalue weighted by atomic mass is 35.5. The molecular formula is C20H27ClN4O. The molecule has 4 rings (SSSR count). The number of hydrogen-bond acceptors (Lipinski definition) is 3. The Morgan fingerprint density at radius 3 is 2.58 bits per heavy atom. The standard InChI is InChI=1S/C20H26N4O.ClH/c1-16-18(17-6-3-2-4-7-17)8-15-23(16)19(25)20(9-12-21-13-10-20)24-14-5-11-22-24;/h2-7,11,14,16,18,21H,8-10,12-13,15H2,1H3;1H. The Hall–Kier alpha value is -1.85. The molecule has 2 saturated heterocycles. The van der Waals surface area contributed by atoms with Gasteiger partial charge in [0.05, 0.1) is 0 Å². The zero-order valence-corrected chi connectivity index (χ0v) is 16.0. The van der Waals surface area contributed by atoms with Gasteiger partial charge in [-0.15, -0.1) is 12.4 Å². The number of carbonyl (C=O) groups is 1. The summed E-state index contributed by atoms with van der Waals surface area (Å²) in [6.45, 7) is 4.74. The monoisotopic (exact) mass is 374 g/mol. The Labute approximate surface area is 161 Å². The molecule has 140 valence electrons. The van der Waals surface area contributed by atoms with Crippen molar-refractivity contribution in [2.24, 2.45) is 0 Å². The SMILES string of the molecule is CC1C(c2ccccc2)CCN1C(=O)C1(n2cccn2)CCNCC1.Cl. The van der Waals surface area contributed by atoms with Gasteiger partial charge in [-0.25, -0.2) is 0 Å². The average Bonchev–Trinajstić information content (AvgIpc) is 3.33. The molecule has 0 radical (unpaired) electrons. The summed E-state index contributed by atoms with van der Waals surface area (Å²) >= 11 is 0. The maximum absolute atomic E-state index is 13.6. The first kappa shape index (κ1) is 18.9. The van der Waals surface area contributed by atoms with Crippen LogP contribution in [0.1, 0.15) is 37.7 Å². The molecule has 0 spiro atoms. The number of benzene rings is 1. The Morgan fingerprint density at radius 2 is 1.92 bits per heavy atom. The molecule has 2 aliphatic rings. The van der Waals surface area contributed by atoms with Gasteiger partial charge in [-0.3, -0.25) is 9.48 Å². The van der Waals surface area contributed by atoms with Crippen molar-refractivity contribution in [1.29, 1.82) is 0 Å². The van der Waals surface area contributed by atoms with E-state index in [1.165, 1.54) is 5.56 Å². The second-order valence-electron chi connectivity index (χ2n) is 7.28. The number of amides is 1. The van der Waals surface area contributed by atoms with Gasteiger partial charge in [0.1, 0.15) is 5.54 Å². The second-order valence-corrected chi connectivity index (χ2v) is 7.28. The molecule has 2 atom stereocenters. The lowest BCUT2D eigenvalue weighted by Crippen LogP contribution is -2.56. The molecule has 1 amide bonds. The maximum Gasteiger partial charge on any atom is 0.250 e. The van der Waals surface area contributed by atoms with Gasteiger partial charge < -0.3 is 10.2 Å². The van der Waals surface area contributed by atoms with E-state index in [-0.39, 0.29) is 24.4 Å². The number of nitrogens with zero attached hydrogens (tertiary/aromatic N) is 3. The lowest BCUT2D eigenvalue weighted by Gasteiger charge is -2.40. The Balaban J connectivity index is 0.00000196. The largest absolute Gasteiger partial charge is 0.337 e. The molecule has 26 heavy (non-hydrogen) atoms. The number of halogens is 1. The number of likely N-dealkylation sites (tertiary alicyclic amines) is 1. The third-order valence-electron chi connectivity index (χ3n) is 6.02. The van der Waals surface area contributed by atoms with E-state index in [1.807, 2.05) is 23.0 Å². The van der Waals surface area contributed by atoms with Crippen molar-refractivity contribution in [1.82, 2.24) is 20.0 Å². The lowest BCUT2D eigenvalue weighted by atomic mass is 9.86. The molecule has 2 aromatic rings. The molecule has 1 aromatic heterocycles. The van der Waals surface area contributed by atoms with Gasteiger partial charge in [-0.1, -0.05) is 30.3 Å². The van der Waals surface area contributed by atoms with Gasteiger partial charge in [-0.05, 0) is 50.9 Å². The first-order valence-corrected chi connectivity index (χ1v) is 9.29. The molecule has 5 nitrogen and oxygen atoms in total. The minimum atomic E-state index is -0.533. The lowest BCUT2D eigenvalue weighted by molar-refractivity contribution is -0.143. The van der Waals surface area contributed by atoms with Gasteiger partial charge in [-0.2, -0.15) is 5.10 Å². The summed E-state index contributed by atoms with van der Waals surface area (Å²) in [6.07, 6.45) is 6.35. The molecule has 0 bridgehead atoms. The first-order valence-electron chi connectivity index (χ1n) is 9.29. The topological polar surface area (TPSA) is 50.2 Å². The van der Waals surface area contributed by atoms with Crippen LogP contribution in [0.4, 0.5) is 0 Å². The summed E-state index contributed by atoms with van der Waals surface area (Å²) in [5.74, 6) is 0.658. The smallest absolute Gasteiger partial charge is 0.250 e. The number of piperidine rings is 1. The molecule has 2 fully saturated rings. The minimum absolute atomic E-state index is 0. The van der Waals surface area contributed by atoms with Crippen molar-refractivity contribution in [3.63, 3.8) is 0 Å². The number of aromatic nitrogens is 2. The molecule has 2 unspecified atom stereocenters. The van der Waals surface area contributed by atoms with Crippen LogP contribution >= 0.6 is 12.4 Å². The van der Waals surface area contributed by atoms with E-state index in [2.05, 4.69) is 46.5 Å². The normalized spacial score (nSPS) is 24.9. The molecule has 1 aromatic carbocycles. The van der Waals surface area contributed by atoms with Crippen LogP contribution in [0.5, 0.6) is 0 Å². The predicted molar refractivity (Wildman–Crippen MR) is 105 cm³/mol. The van der Waals surface area contributed by atoms with Crippen molar-refractivity contribution in [3.8, 4) is 0 Å². The van der Waals surface area contributed by atoms with Crippen molar-refractivity contribution in [2.45, 2.75) is 43.7 Å². The van der Waals surface area contributed by atoms with Gasteiger partial charge in [0.15, 0.2) is 0 Å². The first-order chi connectivity index (χ1) is 12.2. The van der Waals surface area contributed by atoms with E-state index in [4.69, 9.17) is 0 Å². The van der Waals surface area contributed by atoms with Crippen LogP contribution in [0.15, 0.2) is 48.8 Å². The van der Waals surface area contributed by atoms with Crippen molar-refractivity contribution < 1.29 is 4.79 Å². The van der Waals surface area contributed by atoms with E-state index < -0.39 is 5.54 Å². The maximum atomic E-state index is 13.6. The fourth-order valence-corrected chi connectivity index (χ4v) is 4.54. The van der Waals surface area contributed by atoms with Crippen molar-refractivity contribution in [3.05, 3.63) is 54.4 Å². The van der Waals surface area contributed by atoms with Gasteiger partial charge >= 0.3 is 0 Å². The number of hydrogen-bond donors (Lipinski definition) is 1. The van der Waals surface area contributed by atoms with E-state index >= 15 is 0 Å². The summed E-state index contributed by atoms with van der Waals surface area (Å²) in [5.41, 5.74) is 0.804. The Kier molecular flexibility index (Phi) is 5.68. The molecule has 3 heterocycles. The molecule has 1 N–H and O–H groups in total. The molecule has 2 aliphatic heterocycles. The molecular weight excluding hydrogens is 348 g/mol. The quantitative estimate of drug-likeness (QED) is 0.898. The average molecular weight is 375 g/mol. The van der Waals surface area contributed by atoms with E-state index in [0.29, 0.717) is 5.92 Å². The van der Waals surface area contributed by atoms with E-state index in [0.717, 1.165) is 38.9 Å². The number of nitrogens with one attached hydrogen (secondary N) is 1. The van der Waals surface area contributed by atoms with Crippen LogP contribution in [0.25, 0.3) is 0 Å². The Bertz CT molecular complexity index is 713. The summed E-state index contributed by atoms with van der Waals surface area (Å²) in [6, 6.07) is 12.7. The van der Waals surface area contributed by atoms with Crippen LogP contribution in [0, 0.1) is 0 Å².